The van der Waals surface area contributed by atoms with Gasteiger partial charge in [0.25, 0.3) is 0 Å². The van der Waals surface area contributed by atoms with Gasteiger partial charge in [-0.1, -0.05) is 50.2 Å². The lowest BCUT2D eigenvalue weighted by Crippen LogP contribution is -2.30. The Morgan fingerprint density at radius 3 is 2.11 bits per heavy atom. The number of carbonyl (C=O) groups excluding carboxylic acids is 2. The van der Waals surface area contributed by atoms with E-state index in [1.54, 1.807) is 0 Å². The standard InChI is InChI=1S/C16H15NO2/c1-10-11(2)16(19)17(15(10)18)14-9-5-7-12-6-3-4-8-13(12)14/h3-11H,1-2H3/t10-,11-/m1/s1. The van der Waals surface area contributed by atoms with Crippen molar-refractivity contribution >= 4 is 28.3 Å². The third-order valence-corrected chi connectivity index (χ3v) is 3.98. The zero-order valence-corrected chi connectivity index (χ0v) is 11.0. The van der Waals surface area contributed by atoms with E-state index in [0.717, 1.165) is 10.8 Å². The molecule has 19 heavy (non-hydrogen) atoms. The molecule has 2 amide bonds. The van der Waals surface area contributed by atoms with Gasteiger partial charge in [0.15, 0.2) is 0 Å². The molecular weight excluding hydrogens is 238 g/mol. The lowest BCUT2D eigenvalue weighted by Gasteiger charge is -2.17. The Bertz CT molecular complexity index is 652. The summed E-state index contributed by atoms with van der Waals surface area (Å²) in [5, 5.41) is 1.97. The summed E-state index contributed by atoms with van der Waals surface area (Å²) in [6, 6.07) is 13.5. The quantitative estimate of drug-likeness (QED) is 0.733. The molecule has 3 rings (SSSR count). The highest BCUT2D eigenvalue weighted by Gasteiger charge is 2.43. The summed E-state index contributed by atoms with van der Waals surface area (Å²) in [4.78, 5) is 25.9. The molecule has 0 radical (unpaired) electrons. The van der Waals surface area contributed by atoms with Crippen molar-refractivity contribution in [2.45, 2.75) is 13.8 Å². The zero-order valence-electron chi connectivity index (χ0n) is 11.0. The van der Waals surface area contributed by atoms with E-state index in [4.69, 9.17) is 0 Å². The van der Waals surface area contributed by atoms with Crippen LogP contribution in [0.2, 0.25) is 0 Å². The van der Waals surface area contributed by atoms with Crippen molar-refractivity contribution in [2.24, 2.45) is 11.8 Å². The summed E-state index contributed by atoms with van der Waals surface area (Å²) in [5.41, 5.74) is 0.698. The average Bonchev–Trinajstić information content (AvgIpc) is 2.63. The van der Waals surface area contributed by atoms with Crippen LogP contribution in [-0.2, 0) is 9.59 Å². The number of benzene rings is 2. The van der Waals surface area contributed by atoms with E-state index in [9.17, 15) is 9.59 Å². The molecule has 0 bridgehead atoms. The predicted octanol–water partition coefficient (Wildman–Crippen LogP) is 2.99. The molecule has 0 aliphatic carbocycles. The van der Waals surface area contributed by atoms with Crippen molar-refractivity contribution in [2.75, 3.05) is 4.90 Å². The second-order valence-electron chi connectivity index (χ2n) is 5.09. The summed E-state index contributed by atoms with van der Waals surface area (Å²) in [7, 11) is 0. The topological polar surface area (TPSA) is 37.4 Å². The van der Waals surface area contributed by atoms with Gasteiger partial charge in [0, 0.05) is 17.2 Å². The minimum Gasteiger partial charge on any atom is -0.274 e. The van der Waals surface area contributed by atoms with Gasteiger partial charge in [-0.3, -0.25) is 9.59 Å². The van der Waals surface area contributed by atoms with Gasteiger partial charge in [-0.25, -0.2) is 4.90 Å². The summed E-state index contributed by atoms with van der Waals surface area (Å²) in [6.45, 7) is 3.63. The van der Waals surface area contributed by atoms with Crippen molar-refractivity contribution in [1.29, 1.82) is 0 Å². The van der Waals surface area contributed by atoms with Crippen LogP contribution < -0.4 is 4.90 Å². The summed E-state index contributed by atoms with van der Waals surface area (Å²) in [6.07, 6.45) is 0. The minimum absolute atomic E-state index is 0.103. The van der Waals surface area contributed by atoms with Crippen LogP contribution in [-0.4, -0.2) is 11.8 Å². The Balaban J connectivity index is 2.20. The van der Waals surface area contributed by atoms with E-state index in [1.165, 1.54) is 4.90 Å². The van der Waals surface area contributed by atoms with Crippen molar-refractivity contribution in [3.63, 3.8) is 0 Å². The second kappa shape index (κ2) is 4.19. The largest absolute Gasteiger partial charge is 0.274 e. The van der Waals surface area contributed by atoms with E-state index >= 15 is 0 Å². The number of hydrogen-bond donors (Lipinski definition) is 0. The highest BCUT2D eigenvalue weighted by molar-refractivity contribution is 6.24. The SMILES string of the molecule is C[C@H]1C(=O)N(c2cccc3ccccc23)C(=O)[C@@H]1C. The molecule has 3 nitrogen and oxygen atoms in total. The van der Waals surface area contributed by atoms with Crippen LogP contribution in [0.25, 0.3) is 10.8 Å². The fourth-order valence-electron chi connectivity index (χ4n) is 2.58. The Hall–Kier alpha value is -2.16. The van der Waals surface area contributed by atoms with Crippen LogP contribution in [0.15, 0.2) is 42.5 Å². The maximum Gasteiger partial charge on any atom is 0.237 e. The maximum atomic E-state index is 12.3. The fourth-order valence-corrected chi connectivity index (χ4v) is 2.58. The Morgan fingerprint density at radius 1 is 0.842 bits per heavy atom. The monoisotopic (exact) mass is 253 g/mol. The van der Waals surface area contributed by atoms with Crippen molar-refractivity contribution in [1.82, 2.24) is 0 Å². The third-order valence-electron chi connectivity index (χ3n) is 3.98. The molecular formula is C16H15NO2. The molecule has 1 saturated heterocycles. The first kappa shape index (κ1) is 11.9. The number of fused-ring (bicyclic) bond motifs is 1. The van der Waals surface area contributed by atoms with Crippen LogP contribution in [0.1, 0.15) is 13.8 Å². The van der Waals surface area contributed by atoms with Crippen LogP contribution >= 0.6 is 0 Å². The Kier molecular flexibility index (Phi) is 2.63. The molecule has 0 N–H and O–H groups in total. The molecule has 96 valence electrons. The molecule has 1 fully saturated rings. The number of amides is 2. The third kappa shape index (κ3) is 1.65. The van der Waals surface area contributed by atoms with Gasteiger partial charge in [-0.2, -0.15) is 0 Å². The first-order chi connectivity index (χ1) is 9.11. The average molecular weight is 253 g/mol. The number of imide groups is 1. The van der Waals surface area contributed by atoms with Gasteiger partial charge in [0.05, 0.1) is 5.69 Å². The van der Waals surface area contributed by atoms with Crippen LogP contribution in [0.5, 0.6) is 0 Å². The van der Waals surface area contributed by atoms with E-state index in [2.05, 4.69) is 0 Å². The number of rotatable bonds is 1. The first-order valence-electron chi connectivity index (χ1n) is 6.47. The molecule has 0 unspecified atom stereocenters. The highest BCUT2D eigenvalue weighted by Crippen LogP contribution is 2.34. The van der Waals surface area contributed by atoms with Crippen molar-refractivity contribution in [3.8, 4) is 0 Å². The summed E-state index contributed by atoms with van der Waals surface area (Å²) >= 11 is 0. The zero-order chi connectivity index (χ0) is 13.6. The van der Waals surface area contributed by atoms with Gasteiger partial charge in [0.2, 0.25) is 11.8 Å². The first-order valence-corrected chi connectivity index (χ1v) is 6.47. The summed E-state index contributed by atoms with van der Waals surface area (Å²) < 4.78 is 0. The smallest absolute Gasteiger partial charge is 0.237 e. The normalized spacial score (nSPS) is 23.4. The van der Waals surface area contributed by atoms with Gasteiger partial charge >= 0.3 is 0 Å². The van der Waals surface area contributed by atoms with E-state index in [-0.39, 0.29) is 23.7 Å². The van der Waals surface area contributed by atoms with E-state index in [1.807, 2.05) is 56.3 Å². The molecule has 0 spiro atoms. The lowest BCUT2D eigenvalue weighted by atomic mass is 10.00. The van der Waals surface area contributed by atoms with Gasteiger partial charge in [0.1, 0.15) is 0 Å². The Morgan fingerprint density at radius 2 is 1.42 bits per heavy atom. The van der Waals surface area contributed by atoms with Gasteiger partial charge in [-0.05, 0) is 11.5 Å². The number of carbonyl (C=O) groups is 2. The molecule has 0 saturated carbocycles. The van der Waals surface area contributed by atoms with Crippen molar-refractivity contribution in [3.05, 3.63) is 42.5 Å². The predicted molar refractivity (Wildman–Crippen MR) is 74.8 cm³/mol. The highest BCUT2D eigenvalue weighted by atomic mass is 16.2. The van der Waals surface area contributed by atoms with Crippen LogP contribution in [0.4, 0.5) is 5.69 Å². The second-order valence-corrected chi connectivity index (χ2v) is 5.09. The van der Waals surface area contributed by atoms with Crippen LogP contribution in [0.3, 0.4) is 0 Å². The number of anilines is 1. The number of hydrogen-bond acceptors (Lipinski definition) is 2. The minimum atomic E-state index is -0.244. The molecule has 2 aromatic rings. The Labute approximate surface area is 111 Å². The van der Waals surface area contributed by atoms with Crippen LogP contribution in [0, 0.1) is 11.8 Å². The molecule has 1 heterocycles. The van der Waals surface area contributed by atoms with Gasteiger partial charge < -0.3 is 0 Å². The lowest BCUT2D eigenvalue weighted by molar-refractivity contribution is -0.122. The van der Waals surface area contributed by atoms with Gasteiger partial charge in [-0.15, -0.1) is 0 Å². The molecule has 2 aromatic carbocycles. The molecule has 2 atom stereocenters. The van der Waals surface area contributed by atoms with Crippen molar-refractivity contribution < 1.29 is 9.59 Å². The summed E-state index contributed by atoms with van der Waals surface area (Å²) in [5.74, 6) is -0.694. The maximum absolute atomic E-state index is 12.3. The molecule has 1 aliphatic rings. The van der Waals surface area contributed by atoms with E-state index in [0.29, 0.717) is 5.69 Å². The molecule has 1 aliphatic heterocycles. The molecule has 0 aromatic heterocycles. The van der Waals surface area contributed by atoms with E-state index < -0.39 is 0 Å². The molecule has 3 heteroatoms. The number of nitrogens with zero attached hydrogens (tertiary/aromatic N) is 1. The fraction of sp³-hybridized carbons (Fsp3) is 0.250.